The Balaban J connectivity index is 1.91. The maximum Gasteiger partial charge on any atom is 0.237 e. The molecule has 0 bridgehead atoms. The predicted octanol–water partition coefficient (Wildman–Crippen LogP) is 0.823. The van der Waals surface area contributed by atoms with E-state index in [-0.39, 0.29) is 11.8 Å². The van der Waals surface area contributed by atoms with Crippen molar-refractivity contribution in [2.24, 2.45) is 11.7 Å². The number of hydrogen-bond acceptors (Lipinski definition) is 5. The predicted molar refractivity (Wildman–Crippen MR) is 93.2 cm³/mol. The molecular weight excluding hydrogens is 290 g/mol. The zero-order valence-electron chi connectivity index (χ0n) is 14.5. The fourth-order valence-corrected chi connectivity index (χ4v) is 2.60. The fourth-order valence-electron chi connectivity index (χ4n) is 2.60. The minimum Gasteiger partial charge on any atom is -0.354 e. The van der Waals surface area contributed by atoms with Gasteiger partial charge < -0.3 is 20.9 Å². The van der Waals surface area contributed by atoms with Gasteiger partial charge in [-0.15, -0.1) is 0 Å². The van der Waals surface area contributed by atoms with Gasteiger partial charge in [0.25, 0.3) is 0 Å². The van der Waals surface area contributed by atoms with Gasteiger partial charge in [-0.3, -0.25) is 4.79 Å². The lowest BCUT2D eigenvalue weighted by atomic mass is 9.99. The number of amides is 1. The van der Waals surface area contributed by atoms with Crippen molar-refractivity contribution >= 4 is 11.7 Å². The molecule has 2 rings (SSSR count). The summed E-state index contributed by atoms with van der Waals surface area (Å²) in [5.74, 6) is 1.08. The van der Waals surface area contributed by atoms with Gasteiger partial charge in [-0.25, -0.2) is 4.98 Å². The van der Waals surface area contributed by atoms with Crippen LogP contribution in [0.5, 0.6) is 0 Å². The van der Waals surface area contributed by atoms with Crippen molar-refractivity contribution in [1.29, 1.82) is 0 Å². The molecule has 1 aromatic rings. The lowest BCUT2D eigenvalue weighted by molar-refractivity contribution is -0.123. The molecule has 0 aliphatic carbocycles. The van der Waals surface area contributed by atoms with E-state index in [0.717, 1.165) is 44.0 Å². The van der Waals surface area contributed by atoms with Crippen LogP contribution >= 0.6 is 0 Å². The summed E-state index contributed by atoms with van der Waals surface area (Å²) < 4.78 is 0. The Kier molecular flexibility index (Phi) is 6.36. The van der Waals surface area contributed by atoms with E-state index in [0.29, 0.717) is 6.54 Å². The van der Waals surface area contributed by atoms with E-state index in [4.69, 9.17) is 5.73 Å². The summed E-state index contributed by atoms with van der Waals surface area (Å²) in [6.07, 6.45) is 2.71. The lowest BCUT2D eigenvalue weighted by Gasteiger charge is -2.33. The number of aromatic nitrogens is 1. The smallest absolute Gasteiger partial charge is 0.237 e. The molecule has 0 radical (unpaired) electrons. The molecule has 0 saturated carbocycles. The maximum atomic E-state index is 12.1. The Morgan fingerprint density at radius 1 is 1.39 bits per heavy atom. The molecule has 2 atom stereocenters. The number of rotatable bonds is 6. The molecule has 1 aliphatic heterocycles. The minimum absolute atomic E-state index is 0.0858. The Morgan fingerprint density at radius 2 is 2.09 bits per heavy atom. The average Bonchev–Trinajstić information content (AvgIpc) is 2.59. The fraction of sp³-hybridized carbons (Fsp3) is 0.647. The molecular formula is C17H29N5O. The van der Waals surface area contributed by atoms with Crippen LogP contribution < -0.4 is 16.0 Å². The third kappa shape index (κ3) is 4.91. The van der Waals surface area contributed by atoms with Crippen LogP contribution in [-0.4, -0.2) is 55.1 Å². The van der Waals surface area contributed by atoms with E-state index in [9.17, 15) is 4.79 Å². The van der Waals surface area contributed by atoms with Crippen molar-refractivity contribution in [3.05, 3.63) is 23.9 Å². The summed E-state index contributed by atoms with van der Waals surface area (Å²) in [5.41, 5.74) is 7.01. The number of nitrogens with two attached hydrogens (primary N) is 1. The summed E-state index contributed by atoms with van der Waals surface area (Å²) in [4.78, 5) is 21.1. The first-order valence-corrected chi connectivity index (χ1v) is 8.43. The van der Waals surface area contributed by atoms with Gasteiger partial charge in [-0.1, -0.05) is 20.3 Å². The number of likely N-dealkylation sites (N-methyl/N-ethyl adjacent to an activating group) is 1. The molecule has 1 amide bonds. The van der Waals surface area contributed by atoms with Crippen LogP contribution in [0, 0.1) is 5.92 Å². The highest BCUT2D eigenvalue weighted by Gasteiger charge is 2.19. The van der Waals surface area contributed by atoms with Gasteiger partial charge in [0.1, 0.15) is 5.82 Å². The van der Waals surface area contributed by atoms with Crippen LogP contribution in [-0.2, 0) is 11.3 Å². The standard InChI is InChI=1S/C17H29N5O/c1-4-13(2)16(18)17(23)20-12-14-5-6-19-15(11-14)22-9-7-21(3)8-10-22/h5-6,11,13,16H,4,7-10,12,18H2,1-3H3,(H,20,23). The third-order valence-electron chi connectivity index (χ3n) is 4.66. The van der Waals surface area contributed by atoms with Crippen LogP contribution in [0.15, 0.2) is 18.3 Å². The number of anilines is 1. The monoisotopic (exact) mass is 319 g/mol. The number of nitrogens with zero attached hydrogens (tertiary/aromatic N) is 3. The largest absolute Gasteiger partial charge is 0.354 e. The molecule has 3 N–H and O–H groups in total. The second-order valence-electron chi connectivity index (χ2n) is 6.44. The number of pyridine rings is 1. The van der Waals surface area contributed by atoms with Crippen LogP contribution in [0.4, 0.5) is 5.82 Å². The molecule has 0 aromatic carbocycles. The van der Waals surface area contributed by atoms with E-state index < -0.39 is 6.04 Å². The number of carbonyl (C=O) groups excluding carboxylic acids is 1. The number of nitrogens with one attached hydrogen (secondary N) is 1. The average molecular weight is 319 g/mol. The van der Waals surface area contributed by atoms with Gasteiger partial charge in [0.15, 0.2) is 0 Å². The first-order valence-electron chi connectivity index (χ1n) is 8.43. The van der Waals surface area contributed by atoms with Gasteiger partial charge in [0.2, 0.25) is 5.91 Å². The lowest BCUT2D eigenvalue weighted by Crippen LogP contribution is -2.45. The molecule has 0 spiro atoms. The highest BCUT2D eigenvalue weighted by Crippen LogP contribution is 2.15. The zero-order chi connectivity index (χ0) is 16.8. The SMILES string of the molecule is CCC(C)C(N)C(=O)NCc1ccnc(N2CCN(C)CC2)c1. The Bertz CT molecular complexity index is 513. The highest BCUT2D eigenvalue weighted by atomic mass is 16.2. The first kappa shape index (κ1) is 17.7. The van der Waals surface area contributed by atoms with Crippen LogP contribution in [0.25, 0.3) is 0 Å². The van der Waals surface area contributed by atoms with Crippen molar-refractivity contribution in [3.8, 4) is 0 Å². The Labute approximate surface area is 139 Å². The summed E-state index contributed by atoms with van der Waals surface area (Å²) >= 11 is 0. The molecule has 1 aromatic heterocycles. The summed E-state index contributed by atoms with van der Waals surface area (Å²) in [7, 11) is 2.14. The normalized spacial score (nSPS) is 18.5. The van der Waals surface area contributed by atoms with Crippen molar-refractivity contribution in [2.45, 2.75) is 32.9 Å². The van der Waals surface area contributed by atoms with Crippen LogP contribution in [0.3, 0.4) is 0 Å². The van der Waals surface area contributed by atoms with Gasteiger partial charge >= 0.3 is 0 Å². The van der Waals surface area contributed by atoms with Crippen molar-refractivity contribution in [2.75, 3.05) is 38.1 Å². The molecule has 2 heterocycles. The Hall–Kier alpha value is -1.66. The quantitative estimate of drug-likeness (QED) is 0.812. The van der Waals surface area contributed by atoms with E-state index in [1.165, 1.54) is 0 Å². The van der Waals surface area contributed by atoms with E-state index in [1.54, 1.807) is 0 Å². The molecule has 6 heteroatoms. The zero-order valence-corrected chi connectivity index (χ0v) is 14.5. The van der Waals surface area contributed by atoms with Crippen molar-refractivity contribution in [1.82, 2.24) is 15.2 Å². The van der Waals surface area contributed by atoms with Crippen LogP contribution in [0.1, 0.15) is 25.8 Å². The maximum absolute atomic E-state index is 12.1. The van der Waals surface area contributed by atoms with Crippen molar-refractivity contribution in [3.63, 3.8) is 0 Å². The van der Waals surface area contributed by atoms with E-state index >= 15 is 0 Å². The number of carbonyl (C=O) groups is 1. The molecule has 6 nitrogen and oxygen atoms in total. The summed E-state index contributed by atoms with van der Waals surface area (Å²) in [6.45, 7) is 8.60. The Morgan fingerprint density at radius 3 is 2.74 bits per heavy atom. The minimum atomic E-state index is -0.445. The third-order valence-corrected chi connectivity index (χ3v) is 4.66. The van der Waals surface area contributed by atoms with E-state index in [2.05, 4.69) is 33.2 Å². The van der Waals surface area contributed by atoms with Crippen molar-refractivity contribution < 1.29 is 4.79 Å². The molecule has 1 fully saturated rings. The number of piperazine rings is 1. The van der Waals surface area contributed by atoms with E-state index in [1.807, 2.05) is 26.1 Å². The second-order valence-corrected chi connectivity index (χ2v) is 6.44. The molecule has 2 unspecified atom stereocenters. The van der Waals surface area contributed by atoms with Gasteiger partial charge in [0, 0.05) is 38.9 Å². The highest BCUT2D eigenvalue weighted by molar-refractivity contribution is 5.81. The number of hydrogen-bond donors (Lipinski definition) is 2. The molecule has 1 saturated heterocycles. The molecule has 23 heavy (non-hydrogen) atoms. The van der Waals surface area contributed by atoms with Gasteiger partial charge in [-0.05, 0) is 30.7 Å². The van der Waals surface area contributed by atoms with Gasteiger partial charge in [-0.2, -0.15) is 0 Å². The second kappa shape index (κ2) is 8.26. The van der Waals surface area contributed by atoms with Crippen LogP contribution in [0.2, 0.25) is 0 Å². The first-order chi connectivity index (χ1) is 11.0. The summed E-state index contributed by atoms with van der Waals surface area (Å²) in [5, 5.41) is 2.93. The molecule has 1 aliphatic rings. The van der Waals surface area contributed by atoms with Gasteiger partial charge in [0.05, 0.1) is 6.04 Å². The molecule has 128 valence electrons. The summed E-state index contributed by atoms with van der Waals surface area (Å²) in [6, 6.07) is 3.55. The topological polar surface area (TPSA) is 74.5 Å².